The number of carbonyl (C=O) groups excluding carboxylic acids is 2. The third-order valence-corrected chi connectivity index (χ3v) is 4.25. The fourth-order valence-corrected chi connectivity index (χ4v) is 2.77. The Morgan fingerprint density at radius 3 is 2.60 bits per heavy atom. The molecule has 0 aromatic heterocycles. The maximum atomic E-state index is 11.9. The lowest BCUT2D eigenvalue weighted by atomic mass is 9.97. The number of nitrogens with one attached hydrogen (secondary N) is 2. The Kier molecular flexibility index (Phi) is 4.86. The van der Waals surface area contributed by atoms with Gasteiger partial charge in [0.05, 0.1) is 12.1 Å². The molecule has 2 N–H and O–H groups in total. The van der Waals surface area contributed by atoms with Crippen molar-refractivity contribution < 1.29 is 14.3 Å². The lowest BCUT2D eigenvalue weighted by molar-refractivity contribution is -0.130. The molecular weight excluding hydrogens is 258 g/mol. The van der Waals surface area contributed by atoms with Gasteiger partial charge in [0.1, 0.15) is 0 Å². The van der Waals surface area contributed by atoms with Crippen LogP contribution >= 0.6 is 0 Å². The molecule has 1 unspecified atom stereocenters. The highest BCUT2D eigenvalue weighted by molar-refractivity contribution is 5.75. The summed E-state index contributed by atoms with van der Waals surface area (Å²) in [5.74, 6) is 0.604. The van der Waals surface area contributed by atoms with Gasteiger partial charge in [-0.15, -0.1) is 0 Å². The third-order valence-electron chi connectivity index (χ3n) is 4.25. The van der Waals surface area contributed by atoms with Gasteiger partial charge in [0.2, 0.25) is 5.91 Å². The zero-order chi connectivity index (χ0) is 14.6. The highest BCUT2D eigenvalue weighted by Gasteiger charge is 2.31. The summed E-state index contributed by atoms with van der Waals surface area (Å²) in [6.45, 7) is 7.18. The normalized spacial score (nSPS) is 27.4. The SMILES string of the molecule is CC(=O)N1CCC(CNC(=O)NC2(C)CCOC2)CC1. The summed E-state index contributed by atoms with van der Waals surface area (Å²) in [6, 6.07) is -0.119. The lowest BCUT2D eigenvalue weighted by Crippen LogP contribution is -2.51. The molecule has 2 aliphatic rings. The second-order valence-electron chi connectivity index (χ2n) is 6.15. The number of rotatable bonds is 3. The van der Waals surface area contributed by atoms with Gasteiger partial charge in [0, 0.05) is 33.2 Å². The van der Waals surface area contributed by atoms with E-state index in [9.17, 15) is 9.59 Å². The minimum absolute atomic E-state index is 0.119. The Morgan fingerprint density at radius 2 is 2.05 bits per heavy atom. The molecule has 0 aliphatic carbocycles. The third kappa shape index (κ3) is 4.10. The number of hydrogen-bond donors (Lipinski definition) is 2. The van der Waals surface area contributed by atoms with Crippen molar-refractivity contribution >= 4 is 11.9 Å². The van der Waals surface area contributed by atoms with Crippen molar-refractivity contribution in [1.29, 1.82) is 0 Å². The molecule has 2 saturated heterocycles. The first-order valence-electron chi connectivity index (χ1n) is 7.38. The molecule has 2 heterocycles. The molecule has 1 atom stereocenters. The van der Waals surface area contributed by atoms with Crippen LogP contribution in [0, 0.1) is 5.92 Å². The van der Waals surface area contributed by atoms with Crippen molar-refractivity contribution in [3.63, 3.8) is 0 Å². The van der Waals surface area contributed by atoms with Gasteiger partial charge >= 0.3 is 6.03 Å². The van der Waals surface area contributed by atoms with Crippen molar-refractivity contribution in [2.24, 2.45) is 5.92 Å². The number of carbonyl (C=O) groups is 2. The quantitative estimate of drug-likeness (QED) is 0.802. The summed E-state index contributed by atoms with van der Waals surface area (Å²) in [6.07, 6.45) is 2.78. The van der Waals surface area contributed by atoms with Gasteiger partial charge in [-0.2, -0.15) is 0 Å². The molecular formula is C14H25N3O3. The second kappa shape index (κ2) is 6.43. The zero-order valence-corrected chi connectivity index (χ0v) is 12.4. The van der Waals surface area contributed by atoms with Crippen LogP contribution in [0.5, 0.6) is 0 Å². The van der Waals surface area contributed by atoms with Crippen LogP contribution in [-0.4, -0.2) is 55.2 Å². The van der Waals surface area contributed by atoms with E-state index < -0.39 is 0 Å². The number of ether oxygens (including phenoxy) is 1. The zero-order valence-electron chi connectivity index (χ0n) is 12.4. The molecule has 0 radical (unpaired) electrons. The van der Waals surface area contributed by atoms with Gasteiger partial charge in [0.25, 0.3) is 0 Å². The van der Waals surface area contributed by atoms with Crippen LogP contribution in [0.15, 0.2) is 0 Å². The molecule has 0 aromatic rings. The summed E-state index contributed by atoms with van der Waals surface area (Å²) in [5.41, 5.74) is -0.234. The smallest absolute Gasteiger partial charge is 0.315 e. The predicted molar refractivity (Wildman–Crippen MR) is 75.4 cm³/mol. The van der Waals surface area contributed by atoms with E-state index in [0.29, 0.717) is 25.7 Å². The Hall–Kier alpha value is -1.30. The molecule has 6 nitrogen and oxygen atoms in total. The van der Waals surface area contributed by atoms with E-state index in [2.05, 4.69) is 10.6 Å². The summed E-state index contributed by atoms with van der Waals surface area (Å²) in [7, 11) is 0. The van der Waals surface area contributed by atoms with Crippen LogP contribution in [-0.2, 0) is 9.53 Å². The average Bonchev–Trinajstić information content (AvgIpc) is 2.83. The number of amides is 3. The van der Waals surface area contributed by atoms with Crippen molar-refractivity contribution in [2.45, 2.75) is 38.6 Å². The maximum Gasteiger partial charge on any atom is 0.315 e. The molecule has 0 bridgehead atoms. The van der Waals surface area contributed by atoms with Gasteiger partial charge in [-0.3, -0.25) is 4.79 Å². The second-order valence-corrected chi connectivity index (χ2v) is 6.15. The van der Waals surface area contributed by atoms with E-state index in [-0.39, 0.29) is 17.5 Å². The van der Waals surface area contributed by atoms with Gasteiger partial charge in [-0.05, 0) is 32.1 Å². The topological polar surface area (TPSA) is 70.7 Å². The Bertz CT molecular complexity index is 359. The molecule has 114 valence electrons. The van der Waals surface area contributed by atoms with E-state index in [1.807, 2.05) is 11.8 Å². The monoisotopic (exact) mass is 283 g/mol. The van der Waals surface area contributed by atoms with Crippen molar-refractivity contribution in [2.75, 3.05) is 32.8 Å². The first kappa shape index (κ1) is 15.1. The summed E-state index contributed by atoms with van der Waals surface area (Å²) in [5, 5.41) is 5.92. The van der Waals surface area contributed by atoms with Gasteiger partial charge in [-0.1, -0.05) is 0 Å². The lowest BCUT2D eigenvalue weighted by Gasteiger charge is -2.31. The van der Waals surface area contributed by atoms with Crippen LogP contribution < -0.4 is 10.6 Å². The van der Waals surface area contributed by atoms with E-state index in [1.165, 1.54) is 0 Å². The maximum absolute atomic E-state index is 11.9. The standard InChI is InChI=1S/C14H25N3O3/c1-11(18)17-6-3-12(4-7-17)9-15-13(19)16-14(2)5-8-20-10-14/h12H,3-10H2,1-2H3,(H2,15,16,19). The fraction of sp³-hybridized carbons (Fsp3) is 0.857. The van der Waals surface area contributed by atoms with Crippen LogP contribution in [0.1, 0.15) is 33.1 Å². The van der Waals surface area contributed by atoms with E-state index in [0.717, 1.165) is 32.4 Å². The van der Waals surface area contributed by atoms with Crippen LogP contribution in [0.3, 0.4) is 0 Å². The minimum Gasteiger partial charge on any atom is -0.379 e. The molecule has 0 spiro atoms. The van der Waals surface area contributed by atoms with Gasteiger partial charge in [0.15, 0.2) is 0 Å². The van der Waals surface area contributed by atoms with Crippen molar-refractivity contribution in [1.82, 2.24) is 15.5 Å². The highest BCUT2D eigenvalue weighted by atomic mass is 16.5. The van der Waals surface area contributed by atoms with E-state index in [1.54, 1.807) is 6.92 Å². The largest absolute Gasteiger partial charge is 0.379 e. The highest BCUT2D eigenvalue weighted by Crippen LogP contribution is 2.18. The average molecular weight is 283 g/mol. The Balaban J connectivity index is 1.65. The van der Waals surface area contributed by atoms with Crippen molar-refractivity contribution in [3.05, 3.63) is 0 Å². The van der Waals surface area contributed by atoms with E-state index >= 15 is 0 Å². The number of piperidine rings is 1. The number of hydrogen-bond acceptors (Lipinski definition) is 3. The van der Waals surface area contributed by atoms with Gasteiger partial charge < -0.3 is 20.3 Å². The van der Waals surface area contributed by atoms with Crippen molar-refractivity contribution in [3.8, 4) is 0 Å². The van der Waals surface area contributed by atoms with Crippen LogP contribution in [0.4, 0.5) is 4.79 Å². The molecule has 2 rings (SSSR count). The number of likely N-dealkylation sites (tertiary alicyclic amines) is 1. The molecule has 2 aliphatic heterocycles. The molecule has 6 heteroatoms. The summed E-state index contributed by atoms with van der Waals surface area (Å²) < 4.78 is 5.31. The van der Waals surface area contributed by atoms with Crippen LogP contribution in [0.2, 0.25) is 0 Å². The van der Waals surface area contributed by atoms with Gasteiger partial charge in [-0.25, -0.2) is 4.79 Å². The minimum atomic E-state index is -0.234. The van der Waals surface area contributed by atoms with E-state index in [4.69, 9.17) is 4.74 Å². The Labute approximate surface area is 120 Å². The fourth-order valence-electron chi connectivity index (χ4n) is 2.77. The Morgan fingerprint density at radius 1 is 1.35 bits per heavy atom. The summed E-state index contributed by atoms with van der Waals surface area (Å²) >= 11 is 0. The first-order valence-corrected chi connectivity index (χ1v) is 7.38. The summed E-state index contributed by atoms with van der Waals surface area (Å²) in [4.78, 5) is 25.0. The number of urea groups is 1. The predicted octanol–water partition coefficient (Wildman–Crippen LogP) is 0.723. The first-order chi connectivity index (χ1) is 9.48. The molecule has 3 amide bonds. The molecule has 20 heavy (non-hydrogen) atoms. The molecule has 0 saturated carbocycles. The van der Waals surface area contributed by atoms with Crippen LogP contribution in [0.25, 0.3) is 0 Å². The number of nitrogens with zero attached hydrogens (tertiary/aromatic N) is 1. The molecule has 0 aromatic carbocycles. The molecule has 2 fully saturated rings.